The van der Waals surface area contributed by atoms with E-state index < -0.39 is 0 Å². The van der Waals surface area contributed by atoms with E-state index in [2.05, 4.69) is 61.5 Å². The Kier molecular flexibility index (Phi) is 2.74. The van der Waals surface area contributed by atoms with Crippen LogP contribution < -0.4 is 5.32 Å². The quantitative estimate of drug-likeness (QED) is 0.838. The highest BCUT2D eigenvalue weighted by Gasteiger charge is 2.11. The largest absolute Gasteiger partial charge is 0.390 e. The molecule has 1 nitrogen and oxygen atoms in total. The lowest BCUT2D eigenvalue weighted by molar-refractivity contribution is 0.813. The second kappa shape index (κ2) is 3.84. The molecule has 1 N–H and O–H groups in total. The van der Waals surface area contributed by atoms with E-state index in [4.69, 9.17) is 0 Å². The molecule has 0 fully saturated rings. The molecule has 1 aromatic rings. The maximum absolute atomic E-state index is 3.50. The van der Waals surface area contributed by atoms with Gasteiger partial charge < -0.3 is 5.32 Å². The molecule has 0 spiro atoms. The van der Waals surface area contributed by atoms with Crippen molar-refractivity contribution >= 4 is 31.9 Å². The van der Waals surface area contributed by atoms with Crippen molar-refractivity contribution in [3.63, 3.8) is 0 Å². The minimum Gasteiger partial charge on any atom is -0.390 e. The van der Waals surface area contributed by atoms with Crippen LogP contribution in [0.4, 0.5) is 0 Å². The molecular weight excluding hydrogens is 294 g/mol. The van der Waals surface area contributed by atoms with Crippen molar-refractivity contribution in [2.24, 2.45) is 0 Å². The van der Waals surface area contributed by atoms with Gasteiger partial charge in [0.05, 0.1) is 0 Å². The summed E-state index contributed by atoms with van der Waals surface area (Å²) in [6.07, 6.45) is 4.20. The molecule has 13 heavy (non-hydrogen) atoms. The highest BCUT2D eigenvalue weighted by Crippen LogP contribution is 2.28. The van der Waals surface area contributed by atoms with Crippen molar-refractivity contribution in [1.82, 2.24) is 5.32 Å². The lowest BCUT2D eigenvalue weighted by Gasteiger charge is -2.08. The van der Waals surface area contributed by atoms with Crippen molar-refractivity contribution in [3.8, 4) is 0 Å². The third-order valence-corrected chi connectivity index (χ3v) is 4.04. The molecule has 1 aliphatic rings. The summed E-state index contributed by atoms with van der Waals surface area (Å²) in [4.78, 5) is 0. The van der Waals surface area contributed by atoms with Gasteiger partial charge >= 0.3 is 0 Å². The maximum atomic E-state index is 3.50. The number of hydrogen-bond donors (Lipinski definition) is 1. The van der Waals surface area contributed by atoms with Crippen LogP contribution in [0.25, 0.3) is 0 Å². The fourth-order valence-corrected chi connectivity index (χ4v) is 2.06. The minimum absolute atomic E-state index is 0.518. The second-order valence-corrected chi connectivity index (χ2v) is 4.76. The van der Waals surface area contributed by atoms with Gasteiger partial charge in [0.15, 0.2) is 0 Å². The molecule has 68 valence electrons. The molecule has 0 aliphatic carbocycles. The fourth-order valence-electron chi connectivity index (χ4n) is 1.42. The number of nitrogens with one attached hydrogen (secondary N) is 1. The molecule has 1 aliphatic heterocycles. The Bertz CT molecular complexity index is 347. The summed E-state index contributed by atoms with van der Waals surface area (Å²) in [5.41, 5.74) is 1.34. The molecule has 0 bridgehead atoms. The summed E-state index contributed by atoms with van der Waals surface area (Å²) in [7, 11) is 0. The second-order valence-electron chi connectivity index (χ2n) is 3.05. The molecule has 0 radical (unpaired) electrons. The monoisotopic (exact) mass is 301 g/mol. The first kappa shape index (κ1) is 9.28. The normalized spacial score (nSPS) is 20.3. The first-order chi connectivity index (χ1) is 6.27. The van der Waals surface area contributed by atoms with Crippen LogP contribution in [0, 0.1) is 0 Å². The first-order valence-corrected chi connectivity index (χ1v) is 5.71. The summed E-state index contributed by atoms with van der Waals surface area (Å²) in [6, 6.07) is 6.38. The van der Waals surface area contributed by atoms with E-state index in [0.717, 1.165) is 15.5 Å². The molecular formula is C10H9Br2N. The van der Waals surface area contributed by atoms with Crippen LogP contribution in [0.2, 0.25) is 0 Å². The number of halogens is 2. The van der Waals surface area contributed by atoms with Gasteiger partial charge in [-0.3, -0.25) is 0 Å². The predicted octanol–water partition coefficient (Wildman–Crippen LogP) is 3.41. The van der Waals surface area contributed by atoms with Crippen LogP contribution in [-0.4, -0.2) is 6.54 Å². The van der Waals surface area contributed by atoms with Crippen LogP contribution in [0.15, 0.2) is 39.4 Å². The SMILES string of the molecule is Brc1ccc(C2C=CNC2)cc1Br. The van der Waals surface area contributed by atoms with E-state index in [1.807, 2.05) is 6.20 Å². The van der Waals surface area contributed by atoms with Crippen LogP contribution in [0.1, 0.15) is 11.5 Å². The van der Waals surface area contributed by atoms with Gasteiger partial charge in [-0.15, -0.1) is 0 Å². The summed E-state index contributed by atoms with van der Waals surface area (Å²) in [5.74, 6) is 0.518. The average molecular weight is 303 g/mol. The number of benzene rings is 1. The van der Waals surface area contributed by atoms with Crippen molar-refractivity contribution in [2.45, 2.75) is 5.92 Å². The molecule has 0 saturated carbocycles. The van der Waals surface area contributed by atoms with E-state index >= 15 is 0 Å². The lowest BCUT2D eigenvalue weighted by atomic mass is 10.0. The van der Waals surface area contributed by atoms with Gasteiger partial charge in [0.2, 0.25) is 0 Å². The molecule has 3 heteroatoms. The molecule has 0 saturated heterocycles. The van der Waals surface area contributed by atoms with E-state index in [1.165, 1.54) is 5.56 Å². The molecule has 1 atom stereocenters. The minimum atomic E-state index is 0.518. The predicted molar refractivity (Wildman–Crippen MR) is 61.7 cm³/mol. The van der Waals surface area contributed by atoms with Gasteiger partial charge in [0.25, 0.3) is 0 Å². The maximum Gasteiger partial charge on any atom is 0.0320 e. The van der Waals surface area contributed by atoms with Crippen molar-refractivity contribution in [2.75, 3.05) is 6.54 Å². The Morgan fingerprint density at radius 3 is 2.69 bits per heavy atom. The fraction of sp³-hybridized carbons (Fsp3) is 0.200. The molecule has 1 heterocycles. The Balaban J connectivity index is 2.30. The lowest BCUT2D eigenvalue weighted by Crippen LogP contribution is -2.06. The zero-order valence-corrected chi connectivity index (χ0v) is 10.1. The van der Waals surface area contributed by atoms with Crippen LogP contribution in [0.3, 0.4) is 0 Å². The molecule has 1 aromatic carbocycles. The zero-order chi connectivity index (χ0) is 9.26. The standard InChI is InChI=1S/C10H9Br2N/c11-9-2-1-7(5-10(9)12)8-3-4-13-6-8/h1-5,8,13H,6H2. The van der Waals surface area contributed by atoms with E-state index in [0.29, 0.717) is 5.92 Å². The molecule has 0 aromatic heterocycles. The van der Waals surface area contributed by atoms with Gasteiger partial charge in [-0.05, 0) is 55.8 Å². The summed E-state index contributed by atoms with van der Waals surface area (Å²) in [6.45, 7) is 1.01. The summed E-state index contributed by atoms with van der Waals surface area (Å²) >= 11 is 6.96. The smallest absolute Gasteiger partial charge is 0.0320 e. The Hall–Kier alpha value is -0.280. The third kappa shape index (κ3) is 1.97. The van der Waals surface area contributed by atoms with Gasteiger partial charge in [0, 0.05) is 21.4 Å². The molecule has 1 unspecified atom stereocenters. The number of rotatable bonds is 1. The first-order valence-electron chi connectivity index (χ1n) is 4.12. The highest BCUT2D eigenvalue weighted by atomic mass is 79.9. The van der Waals surface area contributed by atoms with Crippen LogP contribution >= 0.6 is 31.9 Å². The molecule has 2 rings (SSSR count). The Labute approximate surface area is 94.5 Å². The topological polar surface area (TPSA) is 12.0 Å². The van der Waals surface area contributed by atoms with Crippen molar-refractivity contribution < 1.29 is 0 Å². The average Bonchev–Trinajstić information content (AvgIpc) is 2.62. The van der Waals surface area contributed by atoms with Crippen LogP contribution in [0.5, 0.6) is 0 Å². The summed E-state index contributed by atoms with van der Waals surface area (Å²) in [5, 5.41) is 3.20. The Morgan fingerprint density at radius 2 is 2.08 bits per heavy atom. The van der Waals surface area contributed by atoms with Gasteiger partial charge in [0.1, 0.15) is 0 Å². The van der Waals surface area contributed by atoms with E-state index in [-0.39, 0.29) is 0 Å². The Morgan fingerprint density at radius 1 is 1.23 bits per heavy atom. The molecule has 0 amide bonds. The third-order valence-electron chi connectivity index (χ3n) is 2.16. The highest BCUT2D eigenvalue weighted by molar-refractivity contribution is 9.13. The van der Waals surface area contributed by atoms with Crippen molar-refractivity contribution in [3.05, 3.63) is 45.0 Å². The van der Waals surface area contributed by atoms with Gasteiger partial charge in [-0.25, -0.2) is 0 Å². The number of hydrogen-bond acceptors (Lipinski definition) is 1. The van der Waals surface area contributed by atoms with Gasteiger partial charge in [-0.2, -0.15) is 0 Å². The van der Waals surface area contributed by atoms with E-state index in [1.54, 1.807) is 0 Å². The van der Waals surface area contributed by atoms with E-state index in [9.17, 15) is 0 Å². The zero-order valence-electron chi connectivity index (χ0n) is 6.93. The van der Waals surface area contributed by atoms with Crippen LogP contribution in [-0.2, 0) is 0 Å². The summed E-state index contributed by atoms with van der Waals surface area (Å²) < 4.78 is 2.22. The van der Waals surface area contributed by atoms with Gasteiger partial charge in [-0.1, -0.05) is 12.1 Å². The van der Waals surface area contributed by atoms with Crippen molar-refractivity contribution in [1.29, 1.82) is 0 Å².